The zero-order valence-corrected chi connectivity index (χ0v) is 17.1. The van der Waals surface area contributed by atoms with Crippen molar-refractivity contribution in [1.82, 2.24) is 0 Å². The van der Waals surface area contributed by atoms with E-state index in [1.165, 1.54) is 5.56 Å². The molecule has 1 saturated carbocycles. The Hall–Kier alpha value is -0.950. The summed E-state index contributed by atoms with van der Waals surface area (Å²) in [7, 11) is 1.00. The van der Waals surface area contributed by atoms with Crippen LogP contribution in [0.1, 0.15) is 44.7 Å². The lowest BCUT2D eigenvalue weighted by atomic mass is 9.95. The summed E-state index contributed by atoms with van der Waals surface area (Å²) in [6, 6.07) is 8.01. The Bertz CT molecular complexity index is 499. The van der Waals surface area contributed by atoms with Gasteiger partial charge in [0.05, 0.1) is 0 Å². The van der Waals surface area contributed by atoms with Gasteiger partial charge >= 0.3 is 5.97 Å². The van der Waals surface area contributed by atoms with Gasteiger partial charge in [0.15, 0.2) is 0 Å². The first-order valence-corrected chi connectivity index (χ1v) is 9.65. The summed E-state index contributed by atoms with van der Waals surface area (Å²) in [5.74, 6) is 0.00862. The molecule has 136 valence electrons. The lowest BCUT2D eigenvalue weighted by Crippen LogP contribution is -2.15. The van der Waals surface area contributed by atoms with Crippen LogP contribution < -0.4 is 0 Å². The van der Waals surface area contributed by atoms with Crippen molar-refractivity contribution >= 4 is 34.3 Å². The number of aliphatic carboxylic acids is 1. The Labute approximate surface area is 158 Å². The van der Waals surface area contributed by atoms with Crippen LogP contribution in [0.4, 0.5) is 0 Å². The number of benzene rings is 1. The highest BCUT2D eigenvalue weighted by molar-refractivity contribution is 14.1. The Morgan fingerprint density at radius 1 is 1.17 bits per heavy atom. The van der Waals surface area contributed by atoms with Crippen molar-refractivity contribution < 1.29 is 19.8 Å². The van der Waals surface area contributed by atoms with E-state index in [0.29, 0.717) is 12.2 Å². The molecule has 0 aliphatic heterocycles. The van der Waals surface area contributed by atoms with Gasteiger partial charge in [0.1, 0.15) is 9.71 Å². The minimum absolute atomic E-state index is 0.173. The van der Waals surface area contributed by atoms with Gasteiger partial charge in [-0.15, -0.1) is 0 Å². The third kappa shape index (κ3) is 7.30. The van der Waals surface area contributed by atoms with Crippen LogP contribution in [0.2, 0.25) is 0 Å². The molecule has 0 heterocycles. The summed E-state index contributed by atoms with van der Waals surface area (Å²) in [6.45, 7) is 6.01. The summed E-state index contributed by atoms with van der Waals surface area (Å²) in [4.78, 5) is 22.8. The van der Waals surface area contributed by atoms with E-state index < -0.39 is 9.89 Å². The average Bonchev–Trinajstić information content (AvgIpc) is 2.92. The van der Waals surface area contributed by atoms with Gasteiger partial charge in [-0.25, -0.2) is 0 Å². The van der Waals surface area contributed by atoms with E-state index in [0.717, 1.165) is 31.9 Å². The molecule has 0 spiro atoms. The number of halogens is 1. The van der Waals surface area contributed by atoms with Crippen LogP contribution in [0.3, 0.4) is 0 Å². The van der Waals surface area contributed by atoms with E-state index in [-0.39, 0.29) is 11.8 Å². The molecule has 0 aromatic heterocycles. The molecule has 0 amide bonds. The fourth-order valence-corrected chi connectivity index (χ4v) is 3.24. The summed E-state index contributed by atoms with van der Waals surface area (Å²) >= 11 is 1.94. The number of hydrogen-bond acceptors (Lipinski definition) is 3. The van der Waals surface area contributed by atoms with E-state index in [2.05, 4.69) is 0 Å². The van der Waals surface area contributed by atoms with Crippen molar-refractivity contribution in [2.45, 2.75) is 50.4 Å². The molecule has 2 N–H and O–H groups in total. The SMILES string of the molecule is CC.CC1CCC(Cc2ccc(CC(I)C(=O)O)cc2)C1=O.CO. The number of rotatable bonds is 5. The maximum Gasteiger partial charge on any atom is 0.316 e. The molecular weight excluding hydrogens is 419 g/mol. The number of ketones is 1. The minimum Gasteiger partial charge on any atom is -0.480 e. The molecule has 0 saturated heterocycles. The average molecular weight is 448 g/mol. The molecule has 1 aromatic carbocycles. The van der Waals surface area contributed by atoms with Crippen LogP contribution in [0.15, 0.2) is 24.3 Å². The van der Waals surface area contributed by atoms with Gasteiger partial charge in [0.2, 0.25) is 0 Å². The lowest BCUT2D eigenvalue weighted by Gasteiger charge is -2.10. The smallest absolute Gasteiger partial charge is 0.316 e. The zero-order valence-electron chi connectivity index (χ0n) is 15.0. The van der Waals surface area contributed by atoms with Crippen LogP contribution >= 0.6 is 22.6 Å². The van der Waals surface area contributed by atoms with Crippen molar-refractivity contribution in [2.75, 3.05) is 7.11 Å². The fraction of sp³-hybridized carbons (Fsp3) is 0.579. The summed E-state index contributed by atoms with van der Waals surface area (Å²) in [5, 5.41) is 15.9. The van der Waals surface area contributed by atoms with Gasteiger partial charge in [-0.1, -0.05) is 67.6 Å². The molecule has 0 radical (unpaired) electrons. The van der Waals surface area contributed by atoms with Crippen LogP contribution in [0.25, 0.3) is 0 Å². The molecule has 3 atom stereocenters. The number of carbonyl (C=O) groups is 2. The molecule has 2 rings (SSSR count). The molecule has 3 unspecified atom stereocenters. The van der Waals surface area contributed by atoms with E-state index >= 15 is 0 Å². The monoisotopic (exact) mass is 448 g/mol. The Morgan fingerprint density at radius 3 is 2.08 bits per heavy atom. The normalized spacial score (nSPS) is 20.3. The Kier molecular flexibility index (Phi) is 11.9. The third-order valence-corrected chi connectivity index (χ3v) is 5.00. The number of aliphatic hydroxyl groups excluding tert-OH is 1. The minimum atomic E-state index is -0.778. The molecular formula is C19H29IO4. The van der Waals surface area contributed by atoms with E-state index in [4.69, 9.17) is 10.2 Å². The van der Waals surface area contributed by atoms with Crippen molar-refractivity contribution in [1.29, 1.82) is 0 Å². The lowest BCUT2D eigenvalue weighted by molar-refractivity contribution is -0.136. The number of carboxylic acids is 1. The standard InChI is InChI=1S/C16H19IO3.C2H6.CH4O/c1-10-2-7-13(15(10)18)8-11-3-5-12(6-4-11)9-14(17)16(19)20;2*1-2/h3-6,10,13-14H,2,7-9H2,1H3,(H,19,20);1-2H3;2H,1H3. The highest BCUT2D eigenvalue weighted by atomic mass is 127. The molecule has 0 bridgehead atoms. The quantitative estimate of drug-likeness (QED) is 0.529. The molecule has 4 nitrogen and oxygen atoms in total. The Morgan fingerprint density at radius 2 is 1.67 bits per heavy atom. The fourth-order valence-electron chi connectivity index (χ4n) is 2.73. The summed E-state index contributed by atoms with van der Waals surface area (Å²) < 4.78 is -0.393. The second-order valence-corrected chi connectivity index (χ2v) is 7.11. The van der Waals surface area contributed by atoms with Crippen molar-refractivity contribution in [3.05, 3.63) is 35.4 Å². The molecule has 1 fully saturated rings. The molecule has 24 heavy (non-hydrogen) atoms. The van der Waals surface area contributed by atoms with Crippen LogP contribution in [-0.2, 0) is 22.4 Å². The Balaban J connectivity index is 0.00000123. The van der Waals surface area contributed by atoms with Crippen molar-refractivity contribution in [2.24, 2.45) is 11.8 Å². The number of aliphatic hydroxyl groups is 1. The van der Waals surface area contributed by atoms with Gasteiger partial charge in [-0.3, -0.25) is 9.59 Å². The molecule has 1 aromatic rings. The van der Waals surface area contributed by atoms with Crippen LogP contribution in [0.5, 0.6) is 0 Å². The predicted molar refractivity (Wildman–Crippen MR) is 106 cm³/mol. The van der Waals surface area contributed by atoms with Crippen LogP contribution in [0, 0.1) is 11.8 Å². The highest BCUT2D eigenvalue weighted by Crippen LogP contribution is 2.29. The number of alkyl halides is 1. The van der Waals surface area contributed by atoms with Gasteiger partial charge in [-0.2, -0.15) is 0 Å². The molecule has 1 aliphatic rings. The van der Waals surface area contributed by atoms with Crippen molar-refractivity contribution in [3.63, 3.8) is 0 Å². The number of Topliss-reactive ketones (excluding diaryl/α,β-unsaturated/α-hetero) is 1. The highest BCUT2D eigenvalue weighted by Gasteiger charge is 2.30. The van der Waals surface area contributed by atoms with Gasteiger partial charge < -0.3 is 10.2 Å². The van der Waals surface area contributed by atoms with Crippen LogP contribution in [-0.4, -0.2) is 33.0 Å². The number of carbonyl (C=O) groups excluding carboxylic acids is 1. The maximum atomic E-state index is 11.9. The van der Waals surface area contributed by atoms with E-state index in [1.54, 1.807) is 0 Å². The van der Waals surface area contributed by atoms with Gasteiger partial charge in [0.25, 0.3) is 0 Å². The second kappa shape index (κ2) is 12.4. The van der Waals surface area contributed by atoms with Gasteiger partial charge in [-0.05, 0) is 36.8 Å². The summed E-state index contributed by atoms with van der Waals surface area (Å²) in [5.41, 5.74) is 2.20. The largest absolute Gasteiger partial charge is 0.480 e. The predicted octanol–water partition coefficient (Wildman–Crippen LogP) is 3.91. The topological polar surface area (TPSA) is 74.6 Å². The van der Waals surface area contributed by atoms with Crippen molar-refractivity contribution in [3.8, 4) is 0 Å². The van der Waals surface area contributed by atoms with Gasteiger partial charge in [0, 0.05) is 18.9 Å². The first-order valence-electron chi connectivity index (χ1n) is 8.40. The number of carboxylic acid groups (broad SMARTS) is 1. The summed E-state index contributed by atoms with van der Waals surface area (Å²) in [6.07, 6.45) is 3.36. The zero-order chi connectivity index (χ0) is 18.7. The first-order chi connectivity index (χ1) is 11.5. The second-order valence-electron chi connectivity index (χ2n) is 5.61. The first kappa shape index (κ1) is 23.1. The molecule has 1 aliphatic carbocycles. The maximum absolute atomic E-state index is 11.9. The number of hydrogen-bond donors (Lipinski definition) is 2. The van der Waals surface area contributed by atoms with E-state index in [1.807, 2.05) is 67.6 Å². The molecule has 5 heteroatoms. The third-order valence-electron chi connectivity index (χ3n) is 4.02. The van der Waals surface area contributed by atoms with E-state index in [9.17, 15) is 9.59 Å².